The number of alkyl halides is 3. The van der Waals surface area contributed by atoms with Gasteiger partial charge in [-0.3, -0.25) is 9.59 Å². The van der Waals surface area contributed by atoms with Gasteiger partial charge in [-0.25, -0.2) is 0 Å². The second-order valence-electron chi connectivity index (χ2n) is 3.75. The quantitative estimate of drug-likeness (QED) is 0.779. The van der Waals surface area contributed by atoms with Crippen LogP contribution in [0, 0.1) is 6.92 Å². The molecule has 0 radical (unpaired) electrons. The van der Waals surface area contributed by atoms with Gasteiger partial charge in [-0.05, 0) is 24.6 Å². The molecule has 0 aliphatic heterocycles. The Balaban J connectivity index is 3.00. The number of nitrogens with two attached hydrogens (primary N) is 1. The molecule has 2 amide bonds. The van der Waals surface area contributed by atoms with Crippen LogP contribution in [0.5, 0.6) is 0 Å². The maximum atomic E-state index is 12.2. The van der Waals surface area contributed by atoms with E-state index in [1.165, 1.54) is 18.2 Å². The van der Waals surface area contributed by atoms with Crippen LogP contribution in [0.4, 0.5) is 24.5 Å². The van der Waals surface area contributed by atoms with Gasteiger partial charge in [0.2, 0.25) is 5.91 Å². The lowest BCUT2D eigenvalue weighted by Crippen LogP contribution is -2.30. The molecule has 0 saturated carbocycles. The molecule has 0 aliphatic carbocycles. The third-order valence-corrected chi connectivity index (χ3v) is 2.14. The first-order chi connectivity index (χ1) is 8.74. The van der Waals surface area contributed by atoms with Gasteiger partial charge in [0.25, 0.3) is 0 Å². The Labute approximate surface area is 107 Å². The number of aryl methyl sites for hydroxylation is 1. The molecule has 1 rings (SSSR count). The lowest BCUT2D eigenvalue weighted by Gasteiger charge is -2.13. The number of amides is 2. The van der Waals surface area contributed by atoms with E-state index in [1.807, 2.05) is 0 Å². The van der Waals surface area contributed by atoms with E-state index in [0.717, 1.165) is 0 Å². The van der Waals surface area contributed by atoms with E-state index in [4.69, 9.17) is 5.73 Å². The smallest absolute Gasteiger partial charge is 0.323 e. The summed E-state index contributed by atoms with van der Waals surface area (Å²) < 4.78 is 36.5. The lowest BCUT2D eigenvalue weighted by molar-refractivity contribution is -0.167. The Bertz CT molecular complexity index is 500. The molecule has 0 saturated heterocycles. The summed E-state index contributed by atoms with van der Waals surface area (Å²) in [5.41, 5.74) is 5.72. The molecule has 0 bridgehead atoms. The van der Waals surface area contributed by atoms with Crippen LogP contribution in [0.2, 0.25) is 0 Å². The lowest BCUT2D eigenvalue weighted by atomic mass is 10.2. The molecular formula is C11H12F3N3O2. The average Bonchev–Trinajstić information content (AvgIpc) is 2.31. The zero-order valence-corrected chi connectivity index (χ0v) is 9.97. The highest BCUT2D eigenvalue weighted by Gasteiger charge is 2.39. The summed E-state index contributed by atoms with van der Waals surface area (Å²) in [4.78, 5) is 22.0. The molecule has 0 aromatic heterocycles. The van der Waals surface area contributed by atoms with Crippen molar-refractivity contribution in [3.8, 4) is 0 Å². The van der Waals surface area contributed by atoms with E-state index in [2.05, 4.69) is 5.32 Å². The van der Waals surface area contributed by atoms with Crippen molar-refractivity contribution in [1.82, 2.24) is 0 Å². The average molecular weight is 275 g/mol. The summed E-state index contributed by atoms with van der Waals surface area (Å²) >= 11 is 0. The van der Waals surface area contributed by atoms with E-state index < -0.39 is 18.0 Å². The van der Waals surface area contributed by atoms with Crippen LogP contribution in [0.15, 0.2) is 18.2 Å². The zero-order chi connectivity index (χ0) is 14.6. The van der Waals surface area contributed by atoms with Crippen molar-refractivity contribution in [3.05, 3.63) is 23.8 Å². The summed E-state index contributed by atoms with van der Waals surface area (Å²) in [6, 6.07) is 4.20. The van der Waals surface area contributed by atoms with E-state index in [0.29, 0.717) is 5.56 Å². The minimum Gasteiger partial charge on any atom is -0.323 e. The second kappa shape index (κ2) is 5.70. The van der Waals surface area contributed by atoms with Crippen molar-refractivity contribution >= 4 is 23.2 Å². The van der Waals surface area contributed by atoms with Gasteiger partial charge >= 0.3 is 12.1 Å². The monoisotopic (exact) mass is 275 g/mol. The summed E-state index contributed by atoms with van der Waals surface area (Å²) in [5, 5.41) is 4.00. The van der Waals surface area contributed by atoms with Gasteiger partial charge in [0.1, 0.15) is 0 Å². The molecule has 0 spiro atoms. The normalized spacial score (nSPS) is 11.0. The van der Waals surface area contributed by atoms with Crippen molar-refractivity contribution in [2.24, 2.45) is 5.73 Å². The predicted octanol–water partition coefficient (Wildman–Crippen LogP) is 1.39. The number of rotatable bonds is 3. The summed E-state index contributed by atoms with van der Waals surface area (Å²) in [6.07, 6.45) is -5.00. The van der Waals surface area contributed by atoms with Crippen molar-refractivity contribution in [1.29, 1.82) is 0 Å². The highest BCUT2D eigenvalue weighted by molar-refractivity contribution is 6.01. The summed E-state index contributed by atoms with van der Waals surface area (Å²) in [6.45, 7) is 1.37. The van der Waals surface area contributed by atoms with Crippen molar-refractivity contribution < 1.29 is 22.8 Å². The summed E-state index contributed by atoms with van der Waals surface area (Å²) in [5.74, 6) is -2.69. The van der Waals surface area contributed by atoms with E-state index in [1.54, 1.807) is 12.2 Å². The second-order valence-corrected chi connectivity index (χ2v) is 3.75. The largest absolute Gasteiger partial charge is 0.471 e. The molecule has 0 atom stereocenters. The third kappa shape index (κ3) is 4.25. The molecule has 0 unspecified atom stereocenters. The molecule has 104 valence electrons. The molecular weight excluding hydrogens is 263 g/mol. The van der Waals surface area contributed by atoms with Crippen LogP contribution in [0.25, 0.3) is 0 Å². The fraction of sp³-hybridized carbons (Fsp3) is 0.273. The third-order valence-electron chi connectivity index (χ3n) is 2.14. The van der Waals surface area contributed by atoms with Gasteiger partial charge in [-0.15, -0.1) is 0 Å². The standard InChI is InChI=1S/C11H12F3N3O2/c1-6-2-3-7(17-10(19)11(12,13)14)8(4-6)16-9(18)5-15/h2-4H,5,15H2,1H3,(H,16,18)(H,17,19). The number of halogens is 3. The van der Waals surface area contributed by atoms with Crippen LogP contribution in [-0.4, -0.2) is 24.5 Å². The zero-order valence-electron chi connectivity index (χ0n) is 9.97. The Morgan fingerprint density at radius 3 is 2.37 bits per heavy atom. The van der Waals surface area contributed by atoms with E-state index >= 15 is 0 Å². The van der Waals surface area contributed by atoms with Crippen LogP contribution in [0.3, 0.4) is 0 Å². The van der Waals surface area contributed by atoms with Crippen molar-refractivity contribution in [2.45, 2.75) is 13.1 Å². The maximum Gasteiger partial charge on any atom is 0.471 e. The molecule has 4 N–H and O–H groups in total. The molecule has 8 heteroatoms. The first-order valence-corrected chi connectivity index (χ1v) is 5.23. The molecule has 1 aromatic rings. The van der Waals surface area contributed by atoms with Gasteiger partial charge < -0.3 is 16.4 Å². The fourth-order valence-electron chi connectivity index (χ4n) is 1.26. The van der Waals surface area contributed by atoms with Crippen molar-refractivity contribution in [2.75, 3.05) is 17.2 Å². The fourth-order valence-corrected chi connectivity index (χ4v) is 1.26. The van der Waals surface area contributed by atoms with Gasteiger partial charge in [0.15, 0.2) is 0 Å². The Morgan fingerprint density at radius 2 is 1.84 bits per heavy atom. The number of hydrogen-bond acceptors (Lipinski definition) is 3. The van der Waals surface area contributed by atoms with E-state index in [9.17, 15) is 22.8 Å². The minimum absolute atomic E-state index is 0.0630. The maximum absolute atomic E-state index is 12.2. The first kappa shape index (κ1) is 15.0. The molecule has 19 heavy (non-hydrogen) atoms. The highest BCUT2D eigenvalue weighted by atomic mass is 19.4. The Kier molecular flexibility index (Phi) is 4.49. The molecule has 5 nitrogen and oxygen atoms in total. The SMILES string of the molecule is Cc1ccc(NC(=O)C(F)(F)F)c(NC(=O)CN)c1. The number of anilines is 2. The molecule has 0 aliphatic rings. The van der Waals surface area contributed by atoms with Gasteiger partial charge in [-0.1, -0.05) is 6.07 Å². The molecule has 1 aromatic carbocycles. The van der Waals surface area contributed by atoms with Gasteiger partial charge in [0.05, 0.1) is 17.9 Å². The topological polar surface area (TPSA) is 84.2 Å². The molecule has 0 heterocycles. The van der Waals surface area contributed by atoms with Crippen LogP contribution in [0.1, 0.15) is 5.56 Å². The first-order valence-electron chi connectivity index (χ1n) is 5.23. The number of benzene rings is 1. The number of nitrogens with one attached hydrogen (secondary N) is 2. The van der Waals surface area contributed by atoms with Gasteiger partial charge in [-0.2, -0.15) is 13.2 Å². The Hall–Kier alpha value is -2.09. The van der Waals surface area contributed by atoms with Crippen LogP contribution < -0.4 is 16.4 Å². The van der Waals surface area contributed by atoms with Crippen molar-refractivity contribution in [3.63, 3.8) is 0 Å². The predicted molar refractivity (Wildman–Crippen MR) is 63.5 cm³/mol. The van der Waals surface area contributed by atoms with E-state index in [-0.39, 0.29) is 17.9 Å². The highest BCUT2D eigenvalue weighted by Crippen LogP contribution is 2.25. The minimum atomic E-state index is -5.00. The number of hydrogen-bond donors (Lipinski definition) is 3. The number of carbonyl (C=O) groups excluding carboxylic acids is 2. The van der Waals surface area contributed by atoms with Crippen LogP contribution in [-0.2, 0) is 9.59 Å². The van der Waals surface area contributed by atoms with Crippen LogP contribution >= 0.6 is 0 Å². The van der Waals surface area contributed by atoms with Gasteiger partial charge in [0, 0.05) is 0 Å². The Morgan fingerprint density at radius 1 is 1.21 bits per heavy atom. The molecule has 0 fully saturated rings. The summed E-state index contributed by atoms with van der Waals surface area (Å²) in [7, 11) is 0. The number of carbonyl (C=O) groups is 2.